The third-order valence-electron chi connectivity index (χ3n) is 3.35. The van der Waals surface area contributed by atoms with E-state index in [0.29, 0.717) is 16.1 Å². The highest BCUT2D eigenvalue weighted by atomic mass is 32.2. The first-order chi connectivity index (χ1) is 12.5. The van der Waals surface area contributed by atoms with Crippen molar-refractivity contribution < 1.29 is 19.1 Å². The zero-order chi connectivity index (χ0) is 18.9. The van der Waals surface area contributed by atoms with Crippen molar-refractivity contribution in [2.75, 3.05) is 31.8 Å². The minimum Gasteiger partial charge on any atom is -0.452 e. The molecule has 0 heterocycles. The fourth-order valence-electron chi connectivity index (χ4n) is 1.96. The van der Waals surface area contributed by atoms with Crippen LogP contribution < -0.4 is 5.32 Å². The highest BCUT2D eigenvalue weighted by Gasteiger charge is 2.16. The van der Waals surface area contributed by atoms with Gasteiger partial charge in [0.25, 0.3) is 5.91 Å². The van der Waals surface area contributed by atoms with E-state index in [1.807, 2.05) is 6.07 Å². The molecular weight excluding hydrogens is 352 g/mol. The Morgan fingerprint density at radius 1 is 1.00 bits per heavy atom. The second-order valence-electron chi connectivity index (χ2n) is 5.56. The molecule has 0 aromatic heterocycles. The summed E-state index contributed by atoms with van der Waals surface area (Å²) in [6.45, 7) is -0.386. The Kier molecular flexibility index (Phi) is 7.23. The lowest BCUT2D eigenvalue weighted by molar-refractivity contribution is -0.125. The largest absolute Gasteiger partial charge is 0.452 e. The van der Waals surface area contributed by atoms with Gasteiger partial charge < -0.3 is 15.0 Å². The highest BCUT2D eigenvalue weighted by Crippen LogP contribution is 2.23. The van der Waals surface area contributed by atoms with Gasteiger partial charge in [0.05, 0.1) is 11.3 Å². The molecule has 0 aliphatic carbocycles. The lowest BCUT2D eigenvalue weighted by Gasteiger charge is -2.12. The maximum atomic E-state index is 12.3. The van der Waals surface area contributed by atoms with Crippen molar-refractivity contribution in [2.24, 2.45) is 0 Å². The molecule has 0 saturated carbocycles. The number of hydrogen-bond donors (Lipinski definition) is 1. The molecule has 136 valence electrons. The Morgan fingerprint density at radius 2 is 1.65 bits per heavy atom. The fraction of sp³-hybridized carbons (Fsp3) is 0.211. The van der Waals surface area contributed by atoms with Crippen molar-refractivity contribution in [3.8, 4) is 0 Å². The highest BCUT2D eigenvalue weighted by molar-refractivity contribution is 8.00. The van der Waals surface area contributed by atoms with Crippen LogP contribution in [0, 0.1) is 0 Å². The Bertz CT molecular complexity index is 778. The molecule has 2 aromatic rings. The van der Waals surface area contributed by atoms with Gasteiger partial charge in [0.2, 0.25) is 5.91 Å². The predicted molar refractivity (Wildman–Crippen MR) is 101 cm³/mol. The van der Waals surface area contributed by atoms with Gasteiger partial charge in [0.1, 0.15) is 0 Å². The summed E-state index contributed by atoms with van der Waals surface area (Å²) >= 11 is 1.26. The van der Waals surface area contributed by atoms with Gasteiger partial charge in [-0.3, -0.25) is 9.59 Å². The van der Waals surface area contributed by atoms with Crippen molar-refractivity contribution in [2.45, 2.75) is 4.90 Å². The molecule has 0 spiro atoms. The van der Waals surface area contributed by atoms with Gasteiger partial charge in [0, 0.05) is 24.7 Å². The van der Waals surface area contributed by atoms with Gasteiger partial charge in [-0.05, 0) is 24.3 Å². The van der Waals surface area contributed by atoms with Gasteiger partial charge >= 0.3 is 5.97 Å². The normalized spacial score (nSPS) is 10.1. The van der Waals surface area contributed by atoms with Gasteiger partial charge in [-0.25, -0.2) is 4.79 Å². The summed E-state index contributed by atoms with van der Waals surface area (Å²) in [6.07, 6.45) is 0. The average molecular weight is 372 g/mol. The number of thioether (sulfide) groups is 1. The SMILES string of the molecule is CN(C)C(=O)CSc1ccccc1C(=O)OCC(=O)Nc1ccccc1. The fourth-order valence-corrected chi connectivity index (χ4v) is 2.98. The maximum Gasteiger partial charge on any atom is 0.339 e. The number of anilines is 1. The molecule has 0 radical (unpaired) electrons. The number of carbonyl (C=O) groups excluding carboxylic acids is 3. The smallest absolute Gasteiger partial charge is 0.339 e. The average Bonchev–Trinajstić information content (AvgIpc) is 2.65. The summed E-state index contributed by atoms with van der Waals surface area (Å²) in [4.78, 5) is 38.0. The lowest BCUT2D eigenvalue weighted by atomic mass is 10.2. The van der Waals surface area contributed by atoms with Crippen molar-refractivity contribution >= 4 is 35.2 Å². The van der Waals surface area contributed by atoms with Crippen molar-refractivity contribution in [1.82, 2.24) is 4.90 Å². The summed E-state index contributed by atoms with van der Waals surface area (Å²) in [5.74, 6) is -0.863. The molecule has 0 aliphatic heterocycles. The molecule has 2 amide bonds. The number of amides is 2. The van der Waals surface area contributed by atoms with Crippen LogP contribution in [0.3, 0.4) is 0 Å². The number of hydrogen-bond acceptors (Lipinski definition) is 5. The van der Waals surface area contributed by atoms with Crippen LogP contribution in [0.2, 0.25) is 0 Å². The van der Waals surface area contributed by atoms with E-state index in [0.717, 1.165) is 0 Å². The number of carbonyl (C=O) groups is 3. The van der Waals surface area contributed by atoms with E-state index in [9.17, 15) is 14.4 Å². The van der Waals surface area contributed by atoms with Crippen LogP contribution in [0.4, 0.5) is 5.69 Å². The summed E-state index contributed by atoms with van der Waals surface area (Å²) < 4.78 is 5.10. The van der Waals surface area contributed by atoms with Crippen LogP contribution >= 0.6 is 11.8 Å². The summed E-state index contributed by atoms with van der Waals surface area (Å²) in [5.41, 5.74) is 0.961. The minimum absolute atomic E-state index is 0.0552. The number of nitrogens with zero attached hydrogens (tertiary/aromatic N) is 1. The lowest BCUT2D eigenvalue weighted by Crippen LogP contribution is -2.23. The first-order valence-corrected chi connectivity index (χ1v) is 8.90. The van der Waals surface area contributed by atoms with Crippen LogP contribution in [0.15, 0.2) is 59.5 Å². The standard InChI is InChI=1S/C19H20N2O4S/c1-21(2)18(23)13-26-16-11-7-6-10-15(16)19(24)25-12-17(22)20-14-8-4-3-5-9-14/h3-11H,12-13H2,1-2H3,(H,20,22). The monoisotopic (exact) mass is 372 g/mol. The molecule has 2 aromatic carbocycles. The Hall–Kier alpha value is -2.80. The molecule has 7 heteroatoms. The van der Waals surface area contributed by atoms with Gasteiger partial charge in [-0.15, -0.1) is 11.8 Å². The number of esters is 1. The molecule has 26 heavy (non-hydrogen) atoms. The Labute approximate surface area is 156 Å². The van der Waals surface area contributed by atoms with Gasteiger partial charge in [-0.1, -0.05) is 30.3 Å². The molecule has 6 nitrogen and oxygen atoms in total. The van der Waals surface area contributed by atoms with E-state index in [4.69, 9.17) is 4.74 Å². The maximum absolute atomic E-state index is 12.3. The van der Waals surface area contributed by atoms with E-state index in [1.54, 1.807) is 62.6 Å². The quantitative estimate of drug-likeness (QED) is 0.597. The third kappa shape index (κ3) is 5.93. The number of benzene rings is 2. The van der Waals surface area contributed by atoms with E-state index >= 15 is 0 Å². The molecule has 0 saturated heterocycles. The number of para-hydroxylation sites is 1. The number of rotatable bonds is 7. The number of nitrogens with one attached hydrogen (secondary N) is 1. The van der Waals surface area contributed by atoms with E-state index in [2.05, 4.69) is 5.32 Å². The zero-order valence-corrected chi connectivity index (χ0v) is 15.4. The topological polar surface area (TPSA) is 75.7 Å². The molecule has 0 atom stereocenters. The van der Waals surface area contributed by atoms with E-state index in [1.165, 1.54) is 16.7 Å². The van der Waals surface area contributed by atoms with Crippen LogP contribution in [0.25, 0.3) is 0 Å². The Morgan fingerprint density at radius 3 is 2.35 bits per heavy atom. The minimum atomic E-state index is -0.603. The molecule has 0 bridgehead atoms. The van der Waals surface area contributed by atoms with E-state index < -0.39 is 11.9 Å². The van der Waals surface area contributed by atoms with Crippen molar-refractivity contribution in [1.29, 1.82) is 0 Å². The predicted octanol–water partition coefficient (Wildman–Crippen LogP) is 2.66. The van der Waals surface area contributed by atoms with Crippen LogP contribution in [0.5, 0.6) is 0 Å². The van der Waals surface area contributed by atoms with Crippen molar-refractivity contribution in [3.63, 3.8) is 0 Å². The molecule has 0 aliphatic rings. The summed E-state index contributed by atoms with van der Waals surface area (Å²) in [5, 5.41) is 2.64. The molecule has 0 fully saturated rings. The van der Waals surface area contributed by atoms with Gasteiger partial charge in [0.15, 0.2) is 6.61 Å². The first kappa shape index (κ1) is 19.5. The molecular formula is C19H20N2O4S. The van der Waals surface area contributed by atoms with Crippen LogP contribution in [-0.2, 0) is 14.3 Å². The molecule has 2 rings (SSSR count). The first-order valence-electron chi connectivity index (χ1n) is 7.91. The van der Waals surface area contributed by atoms with E-state index in [-0.39, 0.29) is 18.3 Å². The zero-order valence-electron chi connectivity index (χ0n) is 14.6. The summed E-state index contributed by atoms with van der Waals surface area (Å²) in [6, 6.07) is 15.8. The molecule has 0 unspecified atom stereocenters. The summed E-state index contributed by atoms with van der Waals surface area (Å²) in [7, 11) is 3.35. The van der Waals surface area contributed by atoms with Crippen molar-refractivity contribution in [3.05, 3.63) is 60.2 Å². The molecule has 1 N–H and O–H groups in total. The third-order valence-corrected chi connectivity index (χ3v) is 4.41. The number of ether oxygens (including phenoxy) is 1. The van der Waals surface area contributed by atoms with Crippen LogP contribution in [-0.4, -0.2) is 49.1 Å². The van der Waals surface area contributed by atoms with Gasteiger partial charge in [-0.2, -0.15) is 0 Å². The second-order valence-corrected chi connectivity index (χ2v) is 6.58. The van der Waals surface area contributed by atoms with Crippen LogP contribution in [0.1, 0.15) is 10.4 Å². The second kappa shape index (κ2) is 9.62. The Balaban J connectivity index is 1.92.